The Labute approximate surface area is 116 Å². The third-order valence-corrected chi connectivity index (χ3v) is 4.04. The van der Waals surface area contributed by atoms with Crippen molar-refractivity contribution in [3.05, 3.63) is 18.2 Å². The highest BCUT2D eigenvalue weighted by Crippen LogP contribution is 2.26. The maximum Gasteiger partial charge on any atom is 0.122 e. The molecule has 0 aromatic heterocycles. The second-order valence-corrected chi connectivity index (χ2v) is 5.24. The van der Waals surface area contributed by atoms with Gasteiger partial charge in [-0.2, -0.15) is 0 Å². The zero-order chi connectivity index (χ0) is 13.8. The third kappa shape index (κ3) is 3.32. The van der Waals surface area contributed by atoms with E-state index in [-0.39, 0.29) is 0 Å². The van der Waals surface area contributed by atoms with Gasteiger partial charge in [0.15, 0.2) is 0 Å². The zero-order valence-corrected chi connectivity index (χ0v) is 12.2. The lowest BCUT2D eigenvalue weighted by Gasteiger charge is -2.39. The largest absolute Gasteiger partial charge is 0.497 e. The lowest BCUT2D eigenvalue weighted by molar-refractivity contribution is 0.193. The third-order valence-electron chi connectivity index (χ3n) is 4.04. The van der Waals surface area contributed by atoms with Gasteiger partial charge < -0.3 is 15.4 Å². The Balaban J connectivity index is 2.03. The van der Waals surface area contributed by atoms with E-state index in [1.54, 1.807) is 7.11 Å². The molecule has 1 fully saturated rings. The van der Waals surface area contributed by atoms with E-state index in [4.69, 9.17) is 10.5 Å². The number of rotatable bonds is 4. The van der Waals surface area contributed by atoms with Crippen molar-refractivity contribution in [3.8, 4) is 5.75 Å². The summed E-state index contributed by atoms with van der Waals surface area (Å²) >= 11 is 0. The highest BCUT2D eigenvalue weighted by atomic mass is 16.5. The summed E-state index contributed by atoms with van der Waals surface area (Å²) in [6.07, 6.45) is 1.21. The van der Waals surface area contributed by atoms with Crippen LogP contribution in [0.5, 0.6) is 5.75 Å². The van der Waals surface area contributed by atoms with Crippen molar-refractivity contribution in [1.29, 1.82) is 0 Å². The van der Waals surface area contributed by atoms with Gasteiger partial charge in [0.25, 0.3) is 0 Å². The lowest BCUT2D eigenvalue weighted by atomic mass is 10.1. The van der Waals surface area contributed by atoms with Gasteiger partial charge in [0.2, 0.25) is 0 Å². The van der Waals surface area contributed by atoms with Crippen molar-refractivity contribution in [2.24, 2.45) is 0 Å². The van der Waals surface area contributed by atoms with Gasteiger partial charge in [0, 0.05) is 55.7 Å². The van der Waals surface area contributed by atoms with Crippen LogP contribution in [0.1, 0.15) is 20.3 Å². The number of piperazine rings is 1. The first-order chi connectivity index (χ1) is 9.13. The number of anilines is 2. The maximum atomic E-state index is 5.92. The highest BCUT2D eigenvalue weighted by molar-refractivity contribution is 5.60. The summed E-state index contributed by atoms with van der Waals surface area (Å²) in [5.74, 6) is 0.833. The summed E-state index contributed by atoms with van der Waals surface area (Å²) in [7, 11) is 1.68. The molecule has 4 nitrogen and oxygen atoms in total. The standard InChI is InChI=1S/C15H25N3O/c1-4-12(2)17-5-7-18(8-6-17)14-9-13(16)10-15(11-14)19-3/h9-12H,4-8,16H2,1-3H3. The number of ether oxygens (including phenoxy) is 1. The Morgan fingerprint density at radius 3 is 2.47 bits per heavy atom. The van der Waals surface area contributed by atoms with Crippen molar-refractivity contribution in [3.63, 3.8) is 0 Å². The van der Waals surface area contributed by atoms with Crippen molar-refractivity contribution < 1.29 is 4.74 Å². The topological polar surface area (TPSA) is 41.7 Å². The summed E-state index contributed by atoms with van der Waals surface area (Å²) < 4.78 is 5.29. The van der Waals surface area contributed by atoms with Crippen LogP contribution in [0.2, 0.25) is 0 Å². The number of benzene rings is 1. The van der Waals surface area contributed by atoms with Gasteiger partial charge >= 0.3 is 0 Å². The van der Waals surface area contributed by atoms with E-state index in [9.17, 15) is 0 Å². The Morgan fingerprint density at radius 2 is 1.89 bits per heavy atom. The number of hydrogen-bond donors (Lipinski definition) is 1. The fourth-order valence-electron chi connectivity index (χ4n) is 2.59. The monoisotopic (exact) mass is 263 g/mol. The number of nitrogens with zero attached hydrogens (tertiary/aromatic N) is 2. The zero-order valence-electron chi connectivity index (χ0n) is 12.2. The fourth-order valence-corrected chi connectivity index (χ4v) is 2.59. The van der Waals surface area contributed by atoms with Crippen molar-refractivity contribution in [2.75, 3.05) is 43.9 Å². The van der Waals surface area contributed by atoms with E-state index < -0.39 is 0 Å². The number of nitrogen functional groups attached to an aromatic ring is 1. The molecule has 1 unspecified atom stereocenters. The molecule has 106 valence electrons. The second kappa shape index (κ2) is 6.15. The van der Waals surface area contributed by atoms with Crippen LogP contribution in [0.15, 0.2) is 18.2 Å². The molecule has 1 atom stereocenters. The van der Waals surface area contributed by atoms with E-state index in [1.165, 1.54) is 12.1 Å². The molecule has 0 radical (unpaired) electrons. The Kier molecular flexibility index (Phi) is 4.53. The molecule has 1 heterocycles. The molecule has 2 rings (SSSR count). The van der Waals surface area contributed by atoms with E-state index in [2.05, 4.69) is 29.7 Å². The molecule has 1 saturated heterocycles. The Bertz CT molecular complexity index is 414. The van der Waals surface area contributed by atoms with Crippen LogP contribution in [-0.4, -0.2) is 44.2 Å². The van der Waals surface area contributed by atoms with Crippen LogP contribution < -0.4 is 15.4 Å². The normalized spacial score (nSPS) is 18.4. The minimum atomic E-state index is 0.678. The van der Waals surface area contributed by atoms with E-state index in [0.29, 0.717) is 6.04 Å². The number of hydrogen-bond acceptors (Lipinski definition) is 4. The fraction of sp³-hybridized carbons (Fsp3) is 0.600. The average Bonchev–Trinajstić information content (AvgIpc) is 2.46. The molecule has 19 heavy (non-hydrogen) atoms. The molecular formula is C15H25N3O. The lowest BCUT2D eigenvalue weighted by Crippen LogP contribution is -2.49. The summed E-state index contributed by atoms with van der Waals surface area (Å²) in [4.78, 5) is 4.94. The van der Waals surface area contributed by atoms with Gasteiger partial charge in [0.05, 0.1) is 7.11 Å². The smallest absolute Gasteiger partial charge is 0.122 e. The number of methoxy groups -OCH3 is 1. The summed E-state index contributed by atoms with van der Waals surface area (Å²) in [6.45, 7) is 8.89. The van der Waals surface area contributed by atoms with Crippen LogP contribution in [-0.2, 0) is 0 Å². The molecule has 0 bridgehead atoms. The molecule has 1 aromatic rings. The molecule has 0 aliphatic carbocycles. The van der Waals surface area contributed by atoms with Crippen LogP contribution in [0.3, 0.4) is 0 Å². The first-order valence-electron chi connectivity index (χ1n) is 7.07. The van der Waals surface area contributed by atoms with Crippen molar-refractivity contribution >= 4 is 11.4 Å². The summed E-state index contributed by atoms with van der Waals surface area (Å²) in [5, 5.41) is 0. The van der Waals surface area contributed by atoms with Gasteiger partial charge in [-0.3, -0.25) is 4.90 Å². The SMILES string of the molecule is CCC(C)N1CCN(c2cc(N)cc(OC)c2)CC1. The Morgan fingerprint density at radius 1 is 1.21 bits per heavy atom. The molecule has 2 N–H and O–H groups in total. The van der Waals surface area contributed by atoms with Gasteiger partial charge in [-0.1, -0.05) is 6.92 Å². The minimum Gasteiger partial charge on any atom is -0.497 e. The van der Waals surface area contributed by atoms with Crippen LogP contribution in [0, 0.1) is 0 Å². The summed E-state index contributed by atoms with van der Waals surface area (Å²) in [5.41, 5.74) is 7.85. The molecule has 0 saturated carbocycles. The molecule has 1 aliphatic rings. The molecule has 4 heteroatoms. The van der Waals surface area contributed by atoms with Crippen molar-refractivity contribution in [1.82, 2.24) is 4.90 Å². The maximum absolute atomic E-state index is 5.92. The van der Waals surface area contributed by atoms with Crippen LogP contribution >= 0.6 is 0 Å². The average molecular weight is 263 g/mol. The predicted octanol–water partition coefficient (Wildman–Crippen LogP) is 2.20. The predicted molar refractivity (Wildman–Crippen MR) is 80.9 cm³/mol. The highest BCUT2D eigenvalue weighted by Gasteiger charge is 2.20. The quantitative estimate of drug-likeness (QED) is 0.846. The van der Waals surface area contributed by atoms with Gasteiger partial charge in [-0.05, 0) is 19.4 Å². The first-order valence-corrected chi connectivity index (χ1v) is 7.07. The van der Waals surface area contributed by atoms with Crippen molar-refractivity contribution in [2.45, 2.75) is 26.3 Å². The van der Waals surface area contributed by atoms with Gasteiger partial charge in [-0.15, -0.1) is 0 Å². The molecular weight excluding hydrogens is 238 g/mol. The first kappa shape index (κ1) is 14.0. The van der Waals surface area contributed by atoms with E-state index in [1.807, 2.05) is 12.1 Å². The van der Waals surface area contributed by atoms with Gasteiger partial charge in [0.1, 0.15) is 5.75 Å². The molecule has 0 amide bonds. The van der Waals surface area contributed by atoms with Crippen LogP contribution in [0.4, 0.5) is 11.4 Å². The number of nitrogens with two attached hydrogens (primary N) is 1. The van der Waals surface area contributed by atoms with Gasteiger partial charge in [-0.25, -0.2) is 0 Å². The van der Waals surface area contributed by atoms with E-state index >= 15 is 0 Å². The molecule has 1 aliphatic heterocycles. The molecule has 1 aromatic carbocycles. The van der Waals surface area contributed by atoms with E-state index in [0.717, 1.165) is 37.6 Å². The van der Waals surface area contributed by atoms with Crippen LogP contribution in [0.25, 0.3) is 0 Å². The Hall–Kier alpha value is -1.42. The summed E-state index contributed by atoms with van der Waals surface area (Å²) in [6, 6.07) is 6.63. The second-order valence-electron chi connectivity index (χ2n) is 5.24. The molecule has 0 spiro atoms. The minimum absolute atomic E-state index is 0.678.